The molecule has 0 atom stereocenters. The van der Waals surface area contributed by atoms with Crippen molar-refractivity contribution in [2.24, 2.45) is 5.10 Å². The molecule has 0 aromatic rings. The van der Waals surface area contributed by atoms with Gasteiger partial charge in [-0.3, -0.25) is 5.43 Å². The number of hydrogen-bond acceptors (Lipinski definition) is 3. The zero-order valence-electron chi connectivity index (χ0n) is 8.83. The first-order valence-electron chi connectivity index (χ1n) is 4.78. The van der Waals surface area contributed by atoms with Crippen LogP contribution in [0.4, 0.5) is 4.79 Å². The van der Waals surface area contributed by atoms with E-state index in [1.807, 2.05) is 13.8 Å². The average Bonchev–Trinajstić information content (AvgIpc) is 2.20. The third-order valence-corrected chi connectivity index (χ3v) is 1.98. The summed E-state index contributed by atoms with van der Waals surface area (Å²) in [5.74, 6) is 0. The van der Waals surface area contributed by atoms with E-state index in [1.54, 1.807) is 0 Å². The summed E-state index contributed by atoms with van der Waals surface area (Å²) in [5, 5.41) is 8.60. The van der Waals surface area contributed by atoms with E-state index < -0.39 is 0 Å². The highest BCUT2D eigenvalue weighted by atomic mass is 32.1. The number of hydrazine groups is 1. The third kappa shape index (κ3) is 3.70. The van der Waals surface area contributed by atoms with Gasteiger partial charge in [-0.15, -0.1) is 0 Å². The van der Waals surface area contributed by atoms with Crippen molar-refractivity contribution in [3.8, 4) is 0 Å². The minimum absolute atomic E-state index is 0.304. The molecule has 1 aliphatic rings. The number of carbonyl (C=O) groups excluding carboxylic acids is 1. The molecule has 0 radical (unpaired) electrons. The van der Waals surface area contributed by atoms with E-state index in [4.69, 9.17) is 12.2 Å². The Labute approximate surface area is 94.1 Å². The Morgan fingerprint density at radius 2 is 2.47 bits per heavy atom. The summed E-state index contributed by atoms with van der Waals surface area (Å²) in [6.45, 7) is 5.09. The molecule has 0 saturated heterocycles. The van der Waals surface area contributed by atoms with Crippen LogP contribution in [0.2, 0.25) is 0 Å². The number of nitrogens with zero attached hydrogens (tertiary/aromatic N) is 2. The highest BCUT2D eigenvalue weighted by Gasteiger charge is 2.18. The highest BCUT2D eigenvalue weighted by molar-refractivity contribution is 7.80. The third-order valence-electron chi connectivity index (χ3n) is 1.75. The van der Waals surface area contributed by atoms with Crippen LogP contribution in [-0.4, -0.2) is 35.0 Å². The molecule has 6 nitrogen and oxygen atoms in total. The van der Waals surface area contributed by atoms with Gasteiger partial charge in [-0.05, 0) is 25.6 Å². The van der Waals surface area contributed by atoms with Crippen LogP contribution in [0.3, 0.4) is 0 Å². The summed E-state index contributed by atoms with van der Waals surface area (Å²) in [7, 11) is 0. The first-order chi connectivity index (χ1) is 7.13. The number of thiocarbonyl (C=S) groups is 1. The lowest BCUT2D eigenvalue weighted by molar-refractivity contribution is 0.191. The molecule has 2 amide bonds. The SMILES string of the molecule is CCCNC(=S)NN1CC(C)=NNC1=O. The molecule has 1 heterocycles. The van der Waals surface area contributed by atoms with E-state index in [2.05, 4.69) is 21.3 Å². The summed E-state index contributed by atoms with van der Waals surface area (Å²) in [4.78, 5) is 11.3. The predicted molar refractivity (Wildman–Crippen MR) is 62.4 cm³/mol. The van der Waals surface area contributed by atoms with Gasteiger partial charge in [0.25, 0.3) is 0 Å². The smallest absolute Gasteiger partial charge is 0.356 e. The zero-order valence-corrected chi connectivity index (χ0v) is 9.65. The second-order valence-corrected chi connectivity index (χ2v) is 3.63. The van der Waals surface area contributed by atoms with Crippen molar-refractivity contribution in [3.05, 3.63) is 0 Å². The Morgan fingerprint density at radius 1 is 1.73 bits per heavy atom. The number of nitrogens with one attached hydrogen (secondary N) is 3. The van der Waals surface area contributed by atoms with E-state index in [-0.39, 0.29) is 6.03 Å². The number of carbonyl (C=O) groups is 1. The standard InChI is InChI=1S/C8H15N5OS/c1-3-4-9-7(15)12-13-5-6(2)10-11-8(13)14/h3-5H2,1-2H3,(H,11,14)(H2,9,12,15). The van der Waals surface area contributed by atoms with Crippen molar-refractivity contribution >= 4 is 29.1 Å². The Balaban J connectivity index is 2.40. The molecule has 0 fully saturated rings. The minimum atomic E-state index is -0.304. The maximum atomic E-state index is 11.3. The molecule has 7 heteroatoms. The van der Waals surface area contributed by atoms with Gasteiger partial charge in [-0.25, -0.2) is 15.2 Å². The van der Waals surface area contributed by atoms with Crippen LogP contribution in [0.1, 0.15) is 20.3 Å². The Morgan fingerprint density at radius 3 is 3.13 bits per heavy atom. The molecule has 1 aliphatic heterocycles. The van der Waals surface area contributed by atoms with Crippen LogP contribution in [0.5, 0.6) is 0 Å². The lowest BCUT2D eigenvalue weighted by Gasteiger charge is -2.26. The van der Waals surface area contributed by atoms with Crippen molar-refractivity contribution < 1.29 is 4.79 Å². The fourth-order valence-electron chi connectivity index (χ4n) is 1.03. The van der Waals surface area contributed by atoms with Crippen molar-refractivity contribution in [2.75, 3.05) is 13.1 Å². The van der Waals surface area contributed by atoms with Gasteiger partial charge in [-0.1, -0.05) is 6.92 Å². The quantitative estimate of drug-likeness (QED) is 0.604. The summed E-state index contributed by atoms with van der Waals surface area (Å²) in [6.07, 6.45) is 0.981. The van der Waals surface area contributed by atoms with Crippen LogP contribution in [0.25, 0.3) is 0 Å². The van der Waals surface area contributed by atoms with E-state index >= 15 is 0 Å². The van der Waals surface area contributed by atoms with Gasteiger partial charge < -0.3 is 5.32 Å². The molecule has 0 aromatic carbocycles. The number of amides is 2. The minimum Gasteiger partial charge on any atom is -0.361 e. The van der Waals surface area contributed by atoms with Gasteiger partial charge in [0.1, 0.15) is 0 Å². The lowest BCUT2D eigenvalue weighted by Crippen LogP contribution is -2.56. The highest BCUT2D eigenvalue weighted by Crippen LogP contribution is 1.93. The molecule has 3 N–H and O–H groups in total. The second kappa shape index (κ2) is 5.50. The molecule has 0 saturated carbocycles. The molecule has 15 heavy (non-hydrogen) atoms. The van der Waals surface area contributed by atoms with Gasteiger partial charge in [0, 0.05) is 6.54 Å². The molecule has 1 rings (SSSR count). The van der Waals surface area contributed by atoms with Crippen LogP contribution in [0.15, 0.2) is 5.10 Å². The largest absolute Gasteiger partial charge is 0.361 e. The summed E-state index contributed by atoms with van der Waals surface area (Å²) < 4.78 is 0. The Kier molecular flexibility index (Phi) is 4.29. The van der Waals surface area contributed by atoms with Gasteiger partial charge in [0.15, 0.2) is 5.11 Å². The van der Waals surface area contributed by atoms with Crippen molar-refractivity contribution in [2.45, 2.75) is 20.3 Å². The van der Waals surface area contributed by atoms with Crippen molar-refractivity contribution in [3.63, 3.8) is 0 Å². The number of hydrogen-bond donors (Lipinski definition) is 3. The van der Waals surface area contributed by atoms with Gasteiger partial charge >= 0.3 is 6.03 Å². The topological polar surface area (TPSA) is 68.8 Å². The number of rotatable bonds is 3. The summed E-state index contributed by atoms with van der Waals surface area (Å²) in [6, 6.07) is -0.304. The molecule has 84 valence electrons. The first kappa shape index (κ1) is 11.7. The lowest BCUT2D eigenvalue weighted by atomic mass is 10.4. The first-order valence-corrected chi connectivity index (χ1v) is 5.19. The predicted octanol–water partition coefficient (Wildman–Crippen LogP) is 0.177. The molecular weight excluding hydrogens is 214 g/mol. The van der Waals surface area contributed by atoms with Crippen LogP contribution in [0, 0.1) is 0 Å². The Hall–Kier alpha value is -1.37. The molecule has 0 aliphatic carbocycles. The molecule has 0 aromatic heterocycles. The summed E-state index contributed by atoms with van der Waals surface area (Å²) >= 11 is 5.01. The number of hydrazone groups is 1. The average molecular weight is 229 g/mol. The second-order valence-electron chi connectivity index (χ2n) is 3.22. The maximum Gasteiger partial charge on any atom is 0.356 e. The van der Waals surface area contributed by atoms with E-state index in [1.165, 1.54) is 5.01 Å². The summed E-state index contributed by atoms with van der Waals surface area (Å²) in [5.41, 5.74) is 5.98. The van der Waals surface area contributed by atoms with Crippen LogP contribution < -0.4 is 16.2 Å². The molecule has 0 unspecified atom stereocenters. The molecule has 0 bridgehead atoms. The van der Waals surface area contributed by atoms with Gasteiger partial charge in [0.2, 0.25) is 0 Å². The van der Waals surface area contributed by atoms with Crippen LogP contribution in [-0.2, 0) is 0 Å². The maximum absolute atomic E-state index is 11.3. The van der Waals surface area contributed by atoms with Crippen molar-refractivity contribution in [1.29, 1.82) is 0 Å². The van der Waals surface area contributed by atoms with E-state index in [0.29, 0.717) is 11.7 Å². The molecular formula is C8H15N5OS. The normalized spacial score (nSPS) is 15.5. The monoisotopic (exact) mass is 229 g/mol. The van der Waals surface area contributed by atoms with Gasteiger partial charge in [-0.2, -0.15) is 5.10 Å². The van der Waals surface area contributed by atoms with E-state index in [0.717, 1.165) is 18.7 Å². The van der Waals surface area contributed by atoms with Crippen LogP contribution >= 0.6 is 12.2 Å². The fourth-order valence-corrected chi connectivity index (χ4v) is 1.24. The Bertz CT molecular complexity index is 291. The van der Waals surface area contributed by atoms with Crippen molar-refractivity contribution in [1.82, 2.24) is 21.2 Å². The van der Waals surface area contributed by atoms with Gasteiger partial charge in [0.05, 0.1) is 12.3 Å². The fraction of sp³-hybridized carbons (Fsp3) is 0.625. The molecule has 0 spiro atoms. The van der Waals surface area contributed by atoms with E-state index in [9.17, 15) is 4.79 Å². The zero-order chi connectivity index (χ0) is 11.3. The number of urea groups is 1.